The van der Waals surface area contributed by atoms with E-state index in [1.807, 2.05) is 20.8 Å². The van der Waals surface area contributed by atoms with E-state index < -0.39 is 5.60 Å². The van der Waals surface area contributed by atoms with E-state index >= 15 is 0 Å². The van der Waals surface area contributed by atoms with Gasteiger partial charge in [-0.05, 0) is 32.9 Å². The second-order valence-electron chi connectivity index (χ2n) is 8.21. The summed E-state index contributed by atoms with van der Waals surface area (Å²) in [5.74, 6) is 1.20. The topological polar surface area (TPSA) is 84.3 Å². The van der Waals surface area contributed by atoms with Gasteiger partial charge in [-0.1, -0.05) is 23.2 Å². The number of rotatable bonds is 2. The Labute approximate surface area is 190 Å². The first-order valence-electron chi connectivity index (χ1n) is 9.87. The molecule has 0 N–H and O–H groups in total. The monoisotopic (exact) mass is 460 g/mol. The van der Waals surface area contributed by atoms with Crippen LogP contribution in [0, 0.1) is 0 Å². The lowest BCUT2D eigenvalue weighted by Crippen LogP contribution is -2.50. The lowest BCUT2D eigenvalue weighted by atomic mass is 10.2. The Kier molecular flexibility index (Phi) is 5.85. The summed E-state index contributed by atoms with van der Waals surface area (Å²) in [6.07, 6.45) is 4.54. The lowest BCUT2D eigenvalue weighted by molar-refractivity contribution is 0.0240. The molecule has 0 bridgehead atoms. The van der Waals surface area contributed by atoms with Crippen molar-refractivity contribution in [3.8, 4) is 11.4 Å². The number of anilines is 1. The molecule has 8 nitrogen and oxygen atoms in total. The van der Waals surface area contributed by atoms with Crippen molar-refractivity contribution < 1.29 is 9.53 Å². The van der Waals surface area contributed by atoms with Crippen molar-refractivity contribution in [3.63, 3.8) is 0 Å². The van der Waals surface area contributed by atoms with E-state index in [1.54, 1.807) is 35.6 Å². The fourth-order valence-corrected chi connectivity index (χ4v) is 3.76. The molecule has 4 rings (SSSR count). The second kappa shape index (κ2) is 8.43. The third-order valence-corrected chi connectivity index (χ3v) is 5.25. The van der Waals surface area contributed by atoms with Gasteiger partial charge in [-0.25, -0.2) is 19.7 Å². The van der Waals surface area contributed by atoms with Gasteiger partial charge in [0, 0.05) is 44.1 Å². The molecule has 0 aromatic carbocycles. The molecule has 0 spiro atoms. The minimum atomic E-state index is -0.529. The number of nitrogens with zero attached hydrogens (tertiary/aromatic N) is 6. The van der Waals surface area contributed by atoms with Gasteiger partial charge in [0.05, 0.1) is 22.1 Å². The van der Waals surface area contributed by atoms with Crippen molar-refractivity contribution in [2.75, 3.05) is 31.1 Å². The molecular weight excluding hydrogens is 439 g/mol. The van der Waals surface area contributed by atoms with E-state index in [2.05, 4.69) is 19.9 Å². The van der Waals surface area contributed by atoms with Crippen LogP contribution in [0.25, 0.3) is 22.3 Å². The molecule has 1 aliphatic rings. The number of halogens is 2. The summed E-state index contributed by atoms with van der Waals surface area (Å²) >= 11 is 12.5. The first kappa shape index (κ1) is 21.5. The first-order chi connectivity index (χ1) is 14.7. The summed E-state index contributed by atoms with van der Waals surface area (Å²) in [6, 6.07) is 3.51. The van der Waals surface area contributed by atoms with E-state index in [4.69, 9.17) is 32.9 Å². The Morgan fingerprint density at radius 3 is 2.52 bits per heavy atom. The maximum atomic E-state index is 12.4. The highest BCUT2D eigenvalue weighted by Gasteiger charge is 2.28. The number of amides is 1. The summed E-state index contributed by atoms with van der Waals surface area (Å²) in [4.78, 5) is 33.8. The summed E-state index contributed by atoms with van der Waals surface area (Å²) in [6.45, 7) is 7.77. The third kappa shape index (κ3) is 4.80. The number of ether oxygens (including phenoxy) is 1. The number of pyridine rings is 2. The van der Waals surface area contributed by atoms with Crippen LogP contribution >= 0.6 is 23.2 Å². The molecule has 1 aliphatic heterocycles. The SMILES string of the molecule is CC(C)(C)OC(=O)N1CCN(c2nc(-c3ccnc(Cl)c3)nc3cncc(Cl)c23)CC1. The number of hydrogen-bond acceptors (Lipinski definition) is 7. The van der Waals surface area contributed by atoms with Crippen LogP contribution < -0.4 is 4.90 Å². The van der Waals surface area contributed by atoms with Gasteiger partial charge in [-0.15, -0.1) is 0 Å². The molecule has 1 saturated heterocycles. The van der Waals surface area contributed by atoms with Crippen molar-refractivity contribution in [3.05, 3.63) is 40.9 Å². The van der Waals surface area contributed by atoms with Gasteiger partial charge in [0.25, 0.3) is 0 Å². The van der Waals surface area contributed by atoms with Gasteiger partial charge in [-0.2, -0.15) is 0 Å². The second-order valence-corrected chi connectivity index (χ2v) is 9.00. The van der Waals surface area contributed by atoms with Crippen molar-refractivity contribution in [2.45, 2.75) is 26.4 Å². The van der Waals surface area contributed by atoms with Gasteiger partial charge in [0.15, 0.2) is 5.82 Å². The van der Waals surface area contributed by atoms with Gasteiger partial charge in [0.1, 0.15) is 16.6 Å². The number of hydrogen-bond donors (Lipinski definition) is 0. The number of piperazine rings is 1. The smallest absolute Gasteiger partial charge is 0.410 e. The summed E-state index contributed by atoms with van der Waals surface area (Å²) in [5, 5.41) is 1.56. The largest absolute Gasteiger partial charge is 0.444 e. The highest BCUT2D eigenvalue weighted by molar-refractivity contribution is 6.36. The number of aromatic nitrogens is 4. The van der Waals surface area contributed by atoms with E-state index in [1.165, 1.54) is 0 Å². The molecule has 1 amide bonds. The average molecular weight is 461 g/mol. The predicted octanol–water partition coefficient (Wildman–Crippen LogP) is 4.45. The first-order valence-corrected chi connectivity index (χ1v) is 10.6. The van der Waals surface area contributed by atoms with E-state index in [0.29, 0.717) is 53.5 Å². The summed E-state index contributed by atoms with van der Waals surface area (Å²) < 4.78 is 5.49. The van der Waals surface area contributed by atoms with Gasteiger partial charge < -0.3 is 14.5 Å². The van der Waals surface area contributed by atoms with Crippen molar-refractivity contribution in [2.24, 2.45) is 0 Å². The number of carbonyl (C=O) groups excluding carboxylic acids is 1. The molecule has 1 fully saturated rings. The van der Waals surface area contributed by atoms with Crippen LogP contribution in [0.15, 0.2) is 30.7 Å². The van der Waals surface area contributed by atoms with Crippen LogP contribution in [0.5, 0.6) is 0 Å². The maximum Gasteiger partial charge on any atom is 0.410 e. The quantitative estimate of drug-likeness (QED) is 0.522. The predicted molar refractivity (Wildman–Crippen MR) is 121 cm³/mol. The summed E-state index contributed by atoms with van der Waals surface area (Å²) in [5.41, 5.74) is 0.851. The van der Waals surface area contributed by atoms with Gasteiger partial charge in [0.2, 0.25) is 0 Å². The molecule has 0 aliphatic carbocycles. The Hall–Kier alpha value is -2.71. The van der Waals surface area contributed by atoms with Crippen molar-refractivity contribution >= 4 is 46.0 Å². The van der Waals surface area contributed by atoms with Crippen molar-refractivity contribution in [1.29, 1.82) is 0 Å². The molecule has 0 saturated carbocycles. The highest BCUT2D eigenvalue weighted by atomic mass is 35.5. The number of fused-ring (bicyclic) bond motifs is 1. The highest BCUT2D eigenvalue weighted by Crippen LogP contribution is 2.33. The minimum absolute atomic E-state index is 0.311. The Morgan fingerprint density at radius 1 is 1.10 bits per heavy atom. The van der Waals surface area contributed by atoms with Gasteiger partial charge >= 0.3 is 6.09 Å². The molecule has 0 unspecified atom stereocenters. The van der Waals surface area contributed by atoms with Crippen LogP contribution in [-0.2, 0) is 4.74 Å². The molecule has 10 heteroatoms. The molecular formula is C21H22Cl2N6O2. The molecule has 0 atom stereocenters. The van der Waals surface area contributed by atoms with Crippen molar-refractivity contribution in [1.82, 2.24) is 24.8 Å². The standard InChI is InChI=1S/C21H22Cl2N6O2/c1-21(2,3)31-20(30)29-8-6-28(7-9-29)19-17-14(22)11-24-12-15(17)26-18(27-19)13-4-5-25-16(23)10-13/h4-5,10-12H,6-9H2,1-3H3. The lowest BCUT2D eigenvalue weighted by Gasteiger charge is -2.36. The Morgan fingerprint density at radius 2 is 1.84 bits per heavy atom. The molecule has 31 heavy (non-hydrogen) atoms. The Bertz CT molecular complexity index is 1130. The zero-order chi connectivity index (χ0) is 22.2. The molecule has 3 aromatic heterocycles. The zero-order valence-corrected chi connectivity index (χ0v) is 19.0. The molecule has 0 radical (unpaired) electrons. The number of carbonyl (C=O) groups is 1. The molecule has 3 aromatic rings. The normalized spacial score (nSPS) is 14.7. The minimum Gasteiger partial charge on any atom is -0.444 e. The average Bonchev–Trinajstić information content (AvgIpc) is 2.72. The van der Waals surface area contributed by atoms with Crippen LogP contribution in [-0.4, -0.2) is 62.7 Å². The Balaban J connectivity index is 1.66. The van der Waals surface area contributed by atoms with Gasteiger partial charge in [-0.3, -0.25) is 4.98 Å². The van der Waals surface area contributed by atoms with Crippen LogP contribution in [0.4, 0.5) is 10.6 Å². The zero-order valence-electron chi connectivity index (χ0n) is 17.5. The van der Waals surface area contributed by atoms with Crippen LogP contribution in [0.3, 0.4) is 0 Å². The van der Waals surface area contributed by atoms with Crippen LogP contribution in [0.1, 0.15) is 20.8 Å². The van der Waals surface area contributed by atoms with E-state index in [-0.39, 0.29) is 6.09 Å². The van der Waals surface area contributed by atoms with E-state index in [0.717, 1.165) is 10.9 Å². The summed E-state index contributed by atoms with van der Waals surface area (Å²) in [7, 11) is 0. The fraction of sp³-hybridized carbons (Fsp3) is 0.381. The molecule has 162 valence electrons. The molecule has 4 heterocycles. The van der Waals surface area contributed by atoms with E-state index in [9.17, 15) is 4.79 Å². The van der Waals surface area contributed by atoms with Crippen LogP contribution in [0.2, 0.25) is 10.2 Å². The fourth-order valence-electron chi connectivity index (χ4n) is 3.35. The third-order valence-electron chi connectivity index (χ3n) is 4.76. The maximum absolute atomic E-state index is 12.4.